The average molecular weight is 373 g/mol. The number of carbonyl (C=O) groups excluding carboxylic acids is 1. The summed E-state index contributed by atoms with van der Waals surface area (Å²) in [4.78, 5) is 14.1. The van der Waals surface area contributed by atoms with Crippen LogP contribution < -0.4 is 5.32 Å². The number of aryl methyl sites for hydroxylation is 1. The Bertz CT molecular complexity index is 858. The Labute approximate surface area is 156 Å². The smallest absolute Gasteiger partial charge is 0.261 e. The molecule has 3 rings (SSSR count). The molecular formula is C19H23N3O3S. The van der Waals surface area contributed by atoms with Gasteiger partial charge in [0.25, 0.3) is 5.91 Å². The number of hydrogen-bond donors (Lipinski definition) is 1. The Balaban J connectivity index is 1.63. The van der Waals surface area contributed by atoms with Crippen molar-refractivity contribution >= 4 is 27.5 Å². The highest BCUT2D eigenvalue weighted by Crippen LogP contribution is 2.30. The van der Waals surface area contributed by atoms with Gasteiger partial charge in [-0.05, 0) is 31.5 Å². The fraction of sp³-hybridized carbons (Fsp3) is 0.368. The fourth-order valence-corrected chi connectivity index (χ4v) is 3.71. The number of fused-ring (bicyclic) bond motifs is 1. The summed E-state index contributed by atoms with van der Waals surface area (Å²) in [5, 5.41) is 8.57. The minimum atomic E-state index is -0.0536. The molecule has 0 aliphatic heterocycles. The van der Waals surface area contributed by atoms with Crippen LogP contribution in [-0.2, 0) is 9.47 Å². The first kappa shape index (κ1) is 18.6. The number of thiophene rings is 1. The molecule has 0 aliphatic carbocycles. The van der Waals surface area contributed by atoms with Gasteiger partial charge in [0.1, 0.15) is 4.83 Å². The average Bonchev–Trinajstić information content (AvgIpc) is 3.22. The molecule has 0 unspecified atom stereocenters. The van der Waals surface area contributed by atoms with Crippen molar-refractivity contribution in [2.45, 2.75) is 13.3 Å². The number of nitrogens with zero attached hydrogens (tertiary/aromatic N) is 2. The third-order valence-corrected chi connectivity index (χ3v) is 5.06. The maximum Gasteiger partial charge on any atom is 0.261 e. The van der Waals surface area contributed by atoms with Crippen molar-refractivity contribution in [2.75, 3.05) is 33.5 Å². The van der Waals surface area contributed by atoms with Gasteiger partial charge in [0.2, 0.25) is 0 Å². The van der Waals surface area contributed by atoms with E-state index >= 15 is 0 Å². The second-order valence-corrected chi connectivity index (χ2v) is 6.91. The normalized spacial score (nSPS) is 11.2. The molecule has 138 valence electrons. The fourth-order valence-electron chi connectivity index (χ4n) is 2.61. The monoisotopic (exact) mass is 373 g/mol. The van der Waals surface area contributed by atoms with E-state index in [0.29, 0.717) is 31.2 Å². The highest BCUT2D eigenvalue weighted by molar-refractivity contribution is 7.20. The summed E-state index contributed by atoms with van der Waals surface area (Å²) in [6.45, 7) is 4.33. The van der Waals surface area contributed by atoms with E-state index in [1.54, 1.807) is 7.11 Å². The number of nitrogens with one attached hydrogen (secondary N) is 1. The van der Waals surface area contributed by atoms with Gasteiger partial charge in [0.15, 0.2) is 0 Å². The number of methoxy groups -OCH3 is 1. The maximum atomic E-state index is 12.4. The lowest BCUT2D eigenvalue weighted by Crippen LogP contribution is -2.24. The topological polar surface area (TPSA) is 65.4 Å². The van der Waals surface area contributed by atoms with Crippen LogP contribution in [0.4, 0.5) is 0 Å². The van der Waals surface area contributed by atoms with Crippen molar-refractivity contribution in [2.24, 2.45) is 0 Å². The van der Waals surface area contributed by atoms with Crippen molar-refractivity contribution in [3.05, 3.63) is 47.0 Å². The zero-order chi connectivity index (χ0) is 18.4. The molecular weight excluding hydrogens is 350 g/mol. The molecule has 1 amide bonds. The van der Waals surface area contributed by atoms with E-state index < -0.39 is 0 Å². The van der Waals surface area contributed by atoms with Crippen LogP contribution >= 0.6 is 11.3 Å². The Morgan fingerprint density at radius 1 is 1.23 bits per heavy atom. The molecule has 0 atom stereocenters. The lowest BCUT2D eigenvalue weighted by atomic mass is 10.3. The summed E-state index contributed by atoms with van der Waals surface area (Å²) in [6, 6.07) is 11.9. The highest BCUT2D eigenvalue weighted by Gasteiger charge is 2.16. The van der Waals surface area contributed by atoms with Crippen LogP contribution in [0.25, 0.3) is 15.9 Å². The Kier molecular flexibility index (Phi) is 6.38. The van der Waals surface area contributed by atoms with Gasteiger partial charge in [-0.2, -0.15) is 5.10 Å². The minimum absolute atomic E-state index is 0.0536. The molecule has 2 heterocycles. The van der Waals surface area contributed by atoms with E-state index in [4.69, 9.17) is 9.47 Å². The zero-order valence-electron chi connectivity index (χ0n) is 15.0. The largest absolute Gasteiger partial charge is 0.382 e. The quantitative estimate of drug-likeness (QED) is 0.585. The van der Waals surface area contributed by atoms with Gasteiger partial charge in [-0.1, -0.05) is 18.2 Å². The van der Waals surface area contributed by atoms with Gasteiger partial charge < -0.3 is 14.8 Å². The molecule has 0 fully saturated rings. The Morgan fingerprint density at radius 2 is 2.04 bits per heavy atom. The summed E-state index contributed by atoms with van der Waals surface area (Å²) in [7, 11) is 1.65. The minimum Gasteiger partial charge on any atom is -0.382 e. The van der Waals surface area contributed by atoms with Gasteiger partial charge >= 0.3 is 0 Å². The molecule has 26 heavy (non-hydrogen) atoms. The van der Waals surface area contributed by atoms with Gasteiger partial charge in [-0.15, -0.1) is 11.3 Å². The number of ether oxygens (including phenoxy) is 2. The first-order valence-electron chi connectivity index (χ1n) is 8.60. The third kappa shape index (κ3) is 4.30. The van der Waals surface area contributed by atoms with Crippen molar-refractivity contribution in [1.82, 2.24) is 15.1 Å². The van der Waals surface area contributed by atoms with Crippen molar-refractivity contribution in [3.63, 3.8) is 0 Å². The van der Waals surface area contributed by atoms with Crippen LogP contribution in [0, 0.1) is 6.92 Å². The second kappa shape index (κ2) is 8.93. The number of hydrogen-bond acceptors (Lipinski definition) is 5. The van der Waals surface area contributed by atoms with Gasteiger partial charge in [-0.25, -0.2) is 4.68 Å². The van der Waals surface area contributed by atoms with Gasteiger partial charge in [0.05, 0.1) is 29.5 Å². The molecule has 0 saturated carbocycles. The molecule has 0 radical (unpaired) electrons. The lowest BCUT2D eigenvalue weighted by Gasteiger charge is -2.05. The predicted molar refractivity (Wildman–Crippen MR) is 103 cm³/mol. The molecule has 0 bridgehead atoms. The van der Waals surface area contributed by atoms with Crippen LogP contribution in [0.15, 0.2) is 36.4 Å². The highest BCUT2D eigenvalue weighted by atomic mass is 32.1. The number of aromatic nitrogens is 2. The van der Waals surface area contributed by atoms with E-state index in [9.17, 15) is 4.79 Å². The molecule has 3 aromatic rings. The first-order valence-corrected chi connectivity index (χ1v) is 9.42. The van der Waals surface area contributed by atoms with Crippen molar-refractivity contribution in [1.29, 1.82) is 0 Å². The van der Waals surface area contributed by atoms with E-state index in [0.717, 1.165) is 28.0 Å². The Morgan fingerprint density at radius 3 is 2.81 bits per heavy atom. The van der Waals surface area contributed by atoms with Crippen molar-refractivity contribution < 1.29 is 14.3 Å². The number of carbonyl (C=O) groups is 1. The molecule has 1 N–H and O–H groups in total. The molecule has 7 heteroatoms. The zero-order valence-corrected chi connectivity index (χ0v) is 15.8. The third-order valence-electron chi connectivity index (χ3n) is 3.95. The predicted octanol–water partition coefficient (Wildman–Crippen LogP) is 3.18. The SMILES string of the molecule is COCCOCCCNC(=O)c1cc2c(C)nn(-c3ccccc3)c2s1. The van der Waals surface area contributed by atoms with Gasteiger partial charge in [-0.3, -0.25) is 4.79 Å². The summed E-state index contributed by atoms with van der Waals surface area (Å²) in [5.41, 5.74) is 1.92. The number of amides is 1. The van der Waals surface area contributed by atoms with Crippen molar-refractivity contribution in [3.8, 4) is 5.69 Å². The second-order valence-electron chi connectivity index (χ2n) is 5.88. The van der Waals surface area contributed by atoms with Crippen LogP contribution in [-0.4, -0.2) is 49.2 Å². The summed E-state index contributed by atoms with van der Waals surface area (Å²) >= 11 is 1.46. The number of rotatable bonds is 9. The summed E-state index contributed by atoms with van der Waals surface area (Å²) < 4.78 is 12.2. The first-order chi connectivity index (χ1) is 12.7. The molecule has 6 nitrogen and oxygen atoms in total. The van der Waals surface area contributed by atoms with Crippen LogP contribution in [0.1, 0.15) is 21.8 Å². The van der Waals surface area contributed by atoms with Crippen LogP contribution in [0.5, 0.6) is 0 Å². The van der Waals surface area contributed by atoms with E-state index in [-0.39, 0.29) is 5.91 Å². The Hall–Kier alpha value is -2.22. The number of benzene rings is 1. The van der Waals surface area contributed by atoms with E-state index in [1.807, 2.05) is 48.0 Å². The summed E-state index contributed by atoms with van der Waals surface area (Å²) in [5.74, 6) is -0.0536. The number of para-hydroxylation sites is 1. The molecule has 0 saturated heterocycles. The molecule has 0 spiro atoms. The van der Waals surface area contributed by atoms with Crippen LogP contribution in [0.2, 0.25) is 0 Å². The molecule has 2 aromatic heterocycles. The van der Waals surface area contributed by atoms with Crippen LogP contribution in [0.3, 0.4) is 0 Å². The maximum absolute atomic E-state index is 12.4. The standard InChI is InChI=1S/C19H23N3O3S/c1-14-16-13-17(18(23)20-9-6-10-25-12-11-24-2)26-19(16)22(21-14)15-7-4-3-5-8-15/h3-5,7-8,13H,6,9-12H2,1-2H3,(H,20,23). The van der Waals surface area contributed by atoms with Gasteiger partial charge in [0, 0.05) is 25.6 Å². The summed E-state index contributed by atoms with van der Waals surface area (Å²) in [6.07, 6.45) is 0.775. The molecule has 0 aliphatic rings. The lowest BCUT2D eigenvalue weighted by molar-refractivity contribution is 0.0688. The molecule has 1 aromatic carbocycles. The van der Waals surface area contributed by atoms with E-state index in [2.05, 4.69) is 10.4 Å². The van der Waals surface area contributed by atoms with E-state index in [1.165, 1.54) is 11.3 Å².